The Kier molecular flexibility index (Phi) is 6.36. The number of rotatable bonds is 5. The molecule has 0 aliphatic carbocycles. The molecular formula is C36H28N4. The first-order valence-corrected chi connectivity index (χ1v) is 13.6. The third-order valence-corrected chi connectivity index (χ3v) is 7.40. The topological polar surface area (TPSA) is 49.3 Å². The maximum absolute atomic E-state index is 5.01. The number of benzene rings is 5. The van der Waals surface area contributed by atoms with Crippen molar-refractivity contribution in [1.82, 2.24) is 15.6 Å². The van der Waals surface area contributed by atoms with Crippen molar-refractivity contribution in [2.24, 2.45) is 4.99 Å². The Balaban J connectivity index is 1.18. The quantitative estimate of drug-likeness (QED) is 0.245. The normalized spacial score (nSPS) is 16.8. The SMILES string of the molecule is c1ccc(C2=NC(c3ccccc3)NC(c3ccc(-c4ccc5ccc(-c6ccccn6)cc5c4)cc3)N2)cc1. The molecule has 0 saturated heterocycles. The molecule has 2 N–H and O–H groups in total. The summed E-state index contributed by atoms with van der Waals surface area (Å²) < 4.78 is 0. The molecule has 7 rings (SSSR count). The fraction of sp³-hybridized carbons (Fsp3) is 0.0556. The van der Waals surface area contributed by atoms with Gasteiger partial charge in [0, 0.05) is 17.3 Å². The summed E-state index contributed by atoms with van der Waals surface area (Å²) in [5.74, 6) is 0.889. The predicted molar refractivity (Wildman–Crippen MR) is 164 cm³/mol. The second-order valence-corrected chi connectivity index (χ2v) is 10.0. The van der Waals surface area contributed by atoms with Crippen LogP contribution in [0.4, 0.5) is 0 Å². The van der Waals surface area contributed by atoms with Crippen LogP contribution in [0.15, 0.2) is 151 Å². The van der Waals surface area contributed by atoms with Crippen molar-refractivity contribution in [1.29, 1.82) is 0 Å². The van der Waals surface area contributed by atoms with Crippen LogP contribution >= 0.6 is 0 Å². The minimum absolute atomic E-state index is 0.0792. The van der Waals surface area contributed by atoms with Gasteiger partial charge in [0.05, 0.1) is 5.69 Å². The van der Waals surface area contributed by atoms with Gasteiger partial charge < -0.3 is 5.32 Å². The van der Waals surface area contributed by atoms with Crippen LogP contribution in [0.25, 0.3) is 33.2 Å². The van der Waals surface area contributed by atoms with Gasteiger partial charge in [-0.3, -0.25) is 10.3 Å². The number of nitrogens with one attached hydrogen (secondary N) is 2. The van der Waals surface area contributed by atoms with Crippen LogP contribution in [0.5, 0.6) is 0 Å². The van der Waals surface area contributed by atoms with E-state index in [1.54, 1.807) is 0 Å². The van der Waals surface area contributed by atoms with Gasteiger partial charge in [0.25, 0.3) is 0 Å². The molecule has 192 valence electrons. The molecule has 5 aromatic carbocycles. The van der Waals surface area contributed by atoms with Crippen LogP contribution in [0.2, 0.25) is 0 Å². The largest absolute Gasteiger partial charge is 0.350 e. The van der Waals surface area contributed by atoms with Gasteiger partial charge in [-0.2, -0.15) is 0 Å². The van der Waals surface area contributed by atoms with E-state index in [-0.39, 0.29) is 12.3 Å². The van der Waals surface area contributed by atoms with Crippen molar-refractivity contribution in [3.05, 3.63) is 162 Å². The number of hydrogen-bond acceptors (Lipinski definition) is 4. The van der Waals surface area contributed by atoms with Gasteiger partial charge in [0.15, 0.2) is 0 Å². The van der Waals surface area contributed by atoms with E-state index in [4.69, 9.17) is 4.99 Å². The van der Waals surface area contributed by atoms with E-state index in [0.29, 0.717) is 0 Å². The second kappa shape index (κ2) is 10.6. The van der Waals surface area contributed by atoms with E-state index in [9.17, 15) is 0 Å². The molecule has 2 atom stereocenters. The smallest absolute Gasteiger partial charge is 0.131 e. The lowest BCUT2D eigenvalue weighted by Gasteiger charge is -2.32. The average Bonchev–Trinajstić information content (AvgIpc) is 3.05. The minimum Gasteiger partial charge on any atom is -0.350 e. The van der Waals surface area contributed by atoms with E-state index < -0.39 is 0 Å². The van der Waals surface area contributed by atoms with Crippen LogP contribution in [0.1, 0.15) is 29.0 Å². The zero-order valence-electron chi connectivity index (χ0n) is 21.9. The van der Waals surface area contributed by atoms with Crippen molar-refractivity contribution < 1.29 is 0 Å². The van der Waals surface area contributed by atoms with Crippen molar-refractivity contribution >= 4 is 16.6 Å². The van der Waals surface area contributed by atoms with Crippen molar-refractivity contribution in [2.75, 3.05) is 0 Å². The summed E-state index contributed by atoms with van der Waals surface area (Å²) in [4.78, 5) is 9.53. The molecule has 6 aromatic rings. The highest BCUT2D eigenvalue weighted by molar-refractivity contribution is 5.99. The highest BCUT2D eigenvalue weighted by Crippen LogP contribution is 2.30. The van der Waals surface area contributed by atoms with Gasteiger partial charge in [0.2, 0.25) is 0 Å². The first-order chi connectivity index (χ1) is 19.8. The molecule has 2 heterocycles. The van der Waals surface area contributed by atoms with E-state index in [1.807, 2.05) is 48.7 Å². The fourth-order valence-corrected chi connectivity index (χ4v) is 5.27. The molecule has 0 radical (unpaired) electrons. The Labute approximate surface area is 234 Å². The zero-order chi connectivity index (χ0) is 26.7. The molecule has 2 unspecified atom stereocenters. The molecule has 1 aliphatic heterocycles. The van der Waals surface area contributed by atoms with Gasteiger partial charge in [-0.05, 0) is 57.3 Å². The number of nitrogens with zero attached hydrogens (tertiary/aromatic N) is 2. The number of fused-ring (bicyclic) bond motifs is 1. The lowest BCUT2D eigenvalue weighted by molar-refractivity contribution is 0.409. The Bertz CT molecular complexity index is 1780. The minimum atomic E-state index is -0.142. The molecule has 1 aliphatic rings. The fourth-order valence-electron chi connectivity index (χ4n) is 5.27. The van der Waals surface area contributed by atoms with Crippen LogP contribution in [0, 0.1) is 0 Å². The Morgan fingerprint density at radius 1 is 0.500 bits per heavy atom. The monoisotopic (exact) mass is 516 g/mol. The summed E-state index contributed by atoms with van der Waals surface area (Å²) in [6.07, 6.45) is 1.62. The first kappa shape index (κ1) is 24.0. The molecular weight excluding hydrogens is 488 g/mol. The van der Waals surface area contributed by atoms with Crippen LogP contribution in [-0.2, 0) is 0 Å². The van der Waals surface area contributed by atoms with Gasteiger partial charge in [-0.15, -0.1) is 0 Å². The van der Waals surface area contributed by atoms with Crippen molar-refractivity contribution in [3.63, 3.8) is 0 Å². The highest BCUT2D eigenvalue weighted by Gasteiger charge is 2.25. The van der Waals surface area contributed by atoms with Crippen LogP contribution in [-0.4, -0.2) is 10.8 Å². The Morgan fingerprint density at radius 3 is 1.93 bits per heavy atom. The maximum atomic E-state index is 5.01. The number of aromatic nitrogens is 1. The summed E-state index contributed by atoms with van der Waals surface area (Å²) in [6.45, 7) is 0. The lowest BCUT2D eigenvalue weighted by Crippen LogP contribution is -2.44. The standard InChI is InChI=1S/C36H28N4/c1-3-9-27(10-4-1)34-38-35(28-11-5-2-6-12-28)40-36(39-34)29-18-14-25(15-19-29)30-20-16-26-17-21-31(24-32(26)23-30)33-13-7-8-22-37-33/h1-24,34,36,39H,(H,38,40). The third kappa shape index (κ3) is 4.89. The molecule has 0 saturated carbocycles. The predicted octanol–water partition coefficient (Wildman–Crippen LogP) is 7.91. The molecule has 4 nitrogen and oxygen atoms in total. The first-order valence-electron chi connectivity index (χ1n) is 13.6. The summed E-state index contributed by atoms with van der Waals surface area (Å²) in [5.41, 5.74) is 7.86. The summed E-state index contributed by atoms with van der Waals surface area (Å²) in [7, 11) is 0. The van der Waals surface area contributed by atoms with Crippen molar-refractivity contribution in [2.45, 2.75) is 12.3 Å². The Morgan fingerprint density at radius 2 is 1.18 bits per heavy atom. The zero-order valence-corrected chi connectivity index (χ0v) is 21.9. The van der Waals surface area contributed by atoms with Gasteiger partial charge >= 0.3 is 0 Å². The van der Waals surface area contributed by atoms with Gasteiger partial charge in [0.1, 0.15) is 18.2 Å². The van der Waals surface area contributed by atoms with Crippen LogP contribution in [0.3, 0.4) is 0 Å². The molecule has 4 heteroatoms. The lowest BCUT2D eigenvalue weighted by atomic mass is 9.98. The Hall–Kier alpha value is -5.06. The average molecular weight is 517 g/mol. The van der Waals surface area contributed by atoms with Crippen LogP contribution < -0.4 is 10.6 Å². The molecule has 0 bridgehead atoms. The molecule has 1 aromatic heterocycles. The highest BCUT2D eigenvalue weighted by atomic mass is 15.3. The second-order valence-electron chi connectivity index (χ2n) is 10.0. The molecule has 0 amide bonds. The van der Waals surface area contributed by atoms with Crippen molar-refractivity contribution in [3.8, 4) is 22.4 Å². The number of hydrogen-bond donors (Lipinski definition) is 2. The number of pyridine rings is 1. The van der Waals surface area contributed by atoms with E-state index in [1.165, 1.54) is 21.9 Å². The van der Waals surface area contributed by atoms with E-state index >= 15 is 0 Å². The van der Waals surface area contributed by atoms with E-state index in [0.717, 1.165) is 33.8 Å². The number of amidine groups is 1. The van der Waals surface area contributed by atoms with Gasteiger partial charge in [-0.25, -0.2) is 4.99 Å². The molecule has 0 spiro atoms. The molecule has 0 fully saturated rings. The van der Waals surface area contributed by atoms with E-state index in [2.05, 4.69) is 113 Å². The summed E-state index contributed by atoms with van der Waals surface area (Å²) >= 11 is 0. The number of aliphatic imine (C=N–C) groups is 1. The maximum Gasteiger partial charge on any atom is 0.131 e. The third-order valence-electron chi connectivity index (χ3n) is 7.40. The molecule has 40 heavy (non-hydrogen) atoms. The summed E-state index contributed by atoms with van der Waals surface area (Å²) in [5, 5.41) is 9.73. The summed E-state index contributed by atoms with van der Waals surface area (Å²) in [6, 6.07) is 48.7. The van der Waals surface area contributed by atoms with Gasteiger partial charge in [-0.1, -0.05) is 115 Å².